The van der Waals surface area contributed by atoms with Crippen LogP contribution in [-0.4, -0.2) is 71.6 Å². The van der Waals surface area contributed by atoms with Crippen molar-refractivity contribution in [2.75, 3.05) is 39.8 Å². The van der Waals surface area contributed by atoms with Crippen LogP contribution in [0.4, 0.5) is 4.79 Å². The van der Waals surface area contributed by atoms with Crippen LogP contribution >= 0.6 is 23.4 Å². The number of thioether (sulfide) groups is 1. The van der Waals surface area contributed by atoms with Crippen LogP contribution in [0.25, 0.3) is 6.08 Å². The van der Waals surface area contributed by atoms with Crippen LogP contribution in [0.15, 0.2) is 29.2 Å². The van der Waals surface area contributed by atoms with Gasteiger partial charge in [-0.05, 0) is 42.6 Å². The minimum Gasteiger partial charge on any atom is -0.304 e. The molecule has 2 aliphatic rings. The Hall–Kier alpha value is -1.87. The Morgan fingerprint density at radius 2 is 1.85 bits per heavy atom. The highest BCUT2D eigenvalue weighted by Crippen LogP contribution is 2.32. The number of piperazine rings is 1. The number of carbonyl (C=O) groups excluding carboxylic acids is 3. The fourth-order valence-electron chi connectivity index (χ4n) is 2.77. The molecule has 2 heterocycles. The highest BCUT2D eigenvalue weighted by atomic mass is 35.5. The molecule has 2 fully saturated rings. The summed E-state index contributed by atoms with van der Waals surface area (Å²) in [5.74, 6) is -0.562. The molecule has 0 unspecified atom stereocenters. The first-order valence-corrected chi connectivity index (χ1v) is 9.86. The molecule has 1 aromatic rings. The summed E-state index contributed by atoms with van der Waals surface area (Å²) < 4.78 is 0. The zero-order chi connectivity index (χ0) is 19.4. The van der Waals surface area contributed by atoms with E-state index in [1.54, 1.807) is 30.3 Å². The Bertz CT molecular complexity index is 760. The fraction of sp³-hybridized carbons (Fsp3) is 0.389. The average molecular weight is 409 g/mol. The van der Waals surface area contributed by atoms with E-state index in [2.05, 4.69) is 10.3 Å². The quantitative estimate of drug-likeness (QED) is 0.752. The third-order valence-corrected chi connectivity index (χ3v) is 5.55. The molecule has 0 saturated carbocycles. The Balaban J connectivity index is 1.53. The number of hydrogen-bond acceptors (Lipinski definition) is 6. The summed E-state index contributed by atoms with van der Waals surface area (Å²) in [6.45, 7) is 3.36. The summed E-state index contributed by atoms with van der Waals surface area (Å²) in [5, 5.41) is 2.12. The van der Waals surface area contributed by atoms with Gasteiger partial charge in [0.05, 0.1) is 4.91 Å². The topological polar surface area (TPSA) is 73.0 Å². The predicted octanol–water partition coefficient (Wildman–Crippen LogP) is 2.04. The van der Waals surface area contributed by atoms with Crippen molar-refractivity contribution in [2.24, 2.45) is 0 Å². The van der Waals surface area contributed by atoms with Crippen molar-refractivity contribution in [3.8, 4) is 0 Å². The molecule has 2 aliphatic heterocycles. The average Bonchev–Trinajstić information content (AvgIpc) is 2.90. The number of imide groups is 1. The van der Waals surface area contributed by atoms with Crippen LogP contribution < -0.4 is 5.43 Å². The normalized spacial score (nSPS) is 20.5. The summed E-state index contributed by atoms with van der Waals surface area (Å²) in [6.07, 6.45) is 1.74. The van der Waals surface area contributed by atoms with Gasteiger partial charge in [0.1, 0.15) is 0 Å². The van der Waals surface area contributed by atoms with Gasteiger partial charge in [0, 0.05) is 44.2 Å². The number of likely N-dealkylation sites (N-methyl/N-ethyl adjacent to an activating group) is 1. The molecule has 0 bridgehead atoms. The summed E-state index contributed by atoms with van der Waals surface area (Å²) in [6, 6.07) is 7.00. The van der Waals surface area contributed by atoms with Crippen molar-refractivity contribution < 1.29 is 14.4 Å². The summed E-state index contributed by atoms with van der Waals surface area (Å²) in [5.41, 5.74) is 3.62. The van der Waals surface area contributed by atoms with E-state index >= 15 is 0 Å². The monoisotopic (exact) mass is 408 g/mol. The van der Waals surface area contributed by atoms with E-state index < -0.39 is 0 Å². The number of carbonyl (C=O) groups is 3. The van der Waals surface area contributed by atoms with Crippen LogP contribution in [0, 0.1) is 0 Å². The fourth-order valence-corrected chi connectivity index (χ4v) is 3.76. The van der Waals surface area contributed by atoms with Crippen LogP contribution in [0.3, 0.4) is 0 Å². The summed E-state index contributed by atoms with van der Waals surface area (Å²) in [4.78, 5) is 40.4. The van der Waals surface area contributed by atoms with Gasteiger partial charge in [0.2, 0.25) is 5.91 Å². The van der Waals surface area contributed by atoms with Crippen LogP contribution in [0.2, 0.25) is 5.02 Å². The first kappa shape index (κ1) is 19.9. The van der Waals surface area contributed by atoms with Crippen LogP contribution in [0.5, 0.6) is 0 Å². The molecule has 144 valence electrons. The molecular weight excluding hydrogens is 388 g/mol. The molecule has 9 heteroatoms. The lowest BCUT2D eigenvalue weighted by Gasteiger charge is -2.32. The van der Waals surface area contributed by atoms with E-state index in [0.29, 0.717) is 9.93 Å². The molecule has 7 nitrogen and oxygen atoms in total. The van der Waals surface area contributed by atoms with Crippen LogP contribution in [-0.2, 0) is 9.59 Å². The van der Waals surface area contributed by atoms with Crippen molar-refractivity contribution in [3.05, 3.63) is 39.8 Å². The number of hydrogen-bond donors (Lipinski definition) is 1. The van der Waals surface area contributed by atoms with Gasteiger partial charge >= 0.3 is 0 Å². The van der Waals surface area contributed by atoms with Gasteiger partial charge in [0.15, 0.2) is 0 Å². The number of nitrogens with one attached hydrogen (secondary N) is 1. The molecule has 27 heavy (non-hydrogen) atoms. The number of halogens is 1. The first-order valence-electron chi connectivity index (χ1n) is 8.66. The predicted molar refractivity (Wildman–Crippen MR) is 106 cm³/mol. The van der Waals surface area contributed by atoms with Gasteiger partial charge in [-0.3, -0.25) is 24.7 Å². The number of hydrazine groups is 1. The molecule has 3 amide bonds. The van der Waals surface area contributed by atoms with Gasteiger partial charge in [-0.15, -0.1) is 0 Å². The van der Waals surface area contributed by atoms with E-state index in [9.17, 15) is 14.4 Å². The Labute approximate surface area is 167 Å². The second-order valence-electron chi connectivity index (χ2n) is 6.46. The minimum atomic E-state index is -0.368. The lowest BCUT2D eigenvalue weighted by atomic mass is 10.2. The highest BCUT2D eigenvalue weighted by molar-refractivity contribution is 8.18. The van der Waals surface area contributed by atoms with E-state index in [-0.39, 0.29) is 30.0 Å². The Kier molecular flexibility index (Phi) is 6.54. The number of amides is 3. The zero-order valence-corrected chi connectivity index (χ0v) is 16.6. The summed E-state index contributed by atoms with van der Waals surface area (Å²) in [7, 11) is 2.04. The smallest absolute Gasteiger partial charge is 0.293 e. The maximum atomic E-state index is 12.5. The first-order chi connectivity index (χ1) is 12.9. The van der Waals surface area contributed by atoms with Crippen molar-refractivity contribution in [2.45, 2.75) is 6.42 Å². The van der Waals surface area contributed by atoms with Gasteiger partial charge in [0.25, 0.3) is 11.1 Å². The van der Waals surface area contributed by atoms with Crippen molar-refractivity contribution in [1.29, 1.82) is 0 Å². The van der Waals surface area contributed by atoms with Crippen molar-refractivity contribution >= 4 is 46.5 Å². The van der Waals surface area contributed by atoms with Crippen LogP contribution in [0.1, 0.15) is 12.0 Å². The molecule has 0 aliphatic carbocycles. The molecule has 0 atom stereocenters. The number of rotatable bonds is 5. The van der Waals surface area contributed by atoms with Gasteiger partial charge < -0.3 is 4.90 Å². The third kappa shape index (κ3) is 5.32. The Morgan fingerprint density at radius 1 is 1.19 bits per heavy atom. The standard InChI is InChI=1S/C18H21ClN4O3S/c1-21-8-10-22(11-9-21)20-16(24)6-7-23-17(25)15(27-18(23)26)12-13-2-4-14(19)5-3-13/h2-5,12H,6-11H2,1H3,(H,20,24)/b15-12+. The molecule has 0 radical (unpaired) electrons. The zero-order valence-electron chi connectivity index (χ0n) is 15.0. The SMILES string of the molecule is CN1CCN(NC(=O)CCN2C(=O)S/C(=C/c3ccc(Cl)cc3)C2=O)CC1. The second kappa shape index (κ2) is 8.88. The van der Waals surface area contributed by atoms with Gasteiger partial charge in [-0.1, -0.05) is 23.7 Å². The maximum absolute atomic E-state index is 12.5. The number of benzene rings is 1. The highest BCUT2D eigenvalue weighted by Gasteiger charge is 2.35. The van der Waals surface area contributed by atoms with E-state index in [4.69, 9.17) is 11.6 Å². The molecule has 3 rings (SSSR count). The van der Waals surface area contributed by atoms with E-state index in [1.807, 2.05) is 12.1 Å². The third-order valence-electron chi connectivity index (χ3n) is 4.39. The van der Waals surface area contributed by atoms with E-state index in [0.717, 1.165) is 48.4 Å². The molecular formula is C18H21ClN4O3S. The largest absolute Gasteiger partial charge is 0.304 e. The Morgan fingerprint density at radius 3 is 2.52 bits per heavy atom. The van der Waals surface area contributed by atoms with E-state index in [1.165, 1.54) is 0 Å². The lowest BCUT2D eigenvalue weighted by molar-refractivity contribution is -0.127. The molecule has 1 N–H and O–H groups in total. The minimum absolute atomic E-state index is 0.0716. The lowest BCUT2D eigenvalue weighted by Crippen LogP contribution is -2.52. The molecule has 0 spiro atoms. The molecule has 2 saturated heterocycles. The molecule has 0 aromatic heterocycles. The van der Waals surface area contributed by atoms with Gasteiger partial charge in [-0.25, -0.2) is 5.01 Å². The van der Waals surface area contributed by atoms with Crippen molar-refractivity contribution in [1.82, 2.24) is 20.2 Å². The van der Waals surface area contributed by atoms with Gasteiger partial charge in [-0.2, -0.15) is 0 Å². The molecule has 1 aromatic carbocycles. The maximum Gasteiger partial charge on any atom is 0.293 e. The van der Waals surface area contributed by atoms with Crippen molar-refractivity contribution in [3.63, 3.8) is 0 Å². The summed E-state index contributed by atoms with van der Waals surface area (Å²) >= 11 is 6.74. The number of nitrogens with zero attached hydrogens (tertiary/aromatic N) is 3. The second-order valence-corrected chi connectivity index (χ2v) is 7.89.